The van der Waals surface area contributed by atoms with E-state index >= 15 is 0 Å². The van der Waals surface area contributed by atoms with E-state index in [-0.39, 0.29) is 35.9 Å². The molecule has 3 aromatic rings. The molecule has 11 heteroatoms. The molecule has 0 unspecified atom stereocenters. The molecule has 3 rings (SSSR count). The van der Waals surface area contributed by atoms with Crippen molar-refractivity contribution in [2.45, 2.75) is 50.8 Å². The van der Waals surface area contributed by atoms with Crippen molar-refractivity contribution in [1.29, 1.82) is 0 Å². The number of nitrogens with zero attached hydrogens (tertiary/aromatic N) is 2. The zero-order valence-corrected chi connectivity index (χ0v) is 22.1. The zero-order chi connectivity index (χ0) is 26.5. The van der Waals surface area contributed by atoms with Gasteiger partial charge < -0.3 is 14.0 Å². The minimum Gasteiger partial charge on any atom is -0.465 e. The lowest BCUT2D eigenvalue weighted by Crippen LogP contribution is -2.23. The van der Waals surface area contributed by atoms with Crippen molar-refractivity contribution in [2.24, 2.45) is 4.99 Å². The molecule has 192 valence electrons. The van der Waals surface area contributed by atoms with Gasteiger partial charge in [-0.2, -0.15) is 4.99 Å². The van der Waals surface area contributed by atoms with Gasteiger partial charge in [-0.1, -0.05) is 23.5 Å². The minimum absolute atomic E-state index is 0.0519. The summed E-state index contributed by atoms with van der Waals surface area (Å²) < 4.78 is 37.0. The number of esters is 2. The number of hydrogen-bond donors (Lipinski definition) is 0. The molecule has 36 heavy (non-hydrogen) atoms. The van der Waals surface area contributed by atoms with E-state index in [9.17, 15) is 22.8 Å². The van der Waals surface area contributed by atoms with Crippen LogP contribution in [0.1, 0.15) is 43.6 Å². The van der Waals surface area contributed by atoms with Gasteiger partial charge in [-0.3, -0.25) is 9.59 Å². The summed E-state index contributed by atoms with van der Waals surface area (Å²) in [5, 5.41) is -0.549. The molecule has 0 saturated carbocycles. The average Bonchev–Trinajstić information content (AvgIpc) is 3.15. The van der Waals surface area contributed by atoms with E-state index in [1.165, 1.54) is 12.1 Å². The molecule has 0 radical (unpaired) electrons. The Morgan fingerprint density at radius 1 is 1.00 bits per heavy atom. The molecular formula is C25H28N2O7S2. The summed E-state index contributed by atoms with van der Waals surface area (Å²) in [6.07, 6.45) is -0.0519. The Morgan fingerprint density at radius 3 is 2.28 bits per heavy atom. The topological polar surface area (TPSA) is 121 Å². The van der Waals surface area contributed by atoms with Crippen molar-refractivity contribution in [3.8, 4) is 0 Å². The number of carbonyl (C=O) groups excluding carboxylic acids is 3. The molecule has 1 amide bonds. The van der Waals surface area contributed by atoms with Gasteiger partial charge in [-0.05, 0) is 63.6 Å². The van der Waals surface area contributed by atoms with E-state index in [2.05, 4.69) is 4.99 Å². The quantitative estimate of drug-likeness (QED) is 0.388. The third-order valence-corrected chi connectivity index (χ3v) is 8.45. The lowest BCUT2D eigenvalue weighted by molar-refractivity contribution is -0.143. The van der Waals surface area contributed by atoms with Crippen LogP contribution in [0.4, 0.5) is 0 Å². The molecule has 0 aliphatic heterocycles. The summed E-state index contributed by atoms with van der Waals surface area (Å²) in [4.78, 5) is 41.8. The summed E-state index contributed by atoms with van der Waals surface area (Å²) >= 11 is 1.16. The van der Waals surface area contributed by atoms with E-state index < -0.39 is 32.9 Å². The third-order valence-electron chi connectivity index (χ3n) is 5.23. The molecule has 0 N–H and O–H groups in total. The molecule has 0 saturated heterocycles. The van der Waals surface area contributed by atoms with Crippen LogP contribution in [0.5, 0.6) is 0 Å². The number of thiazole rings is 1. The van der Waals surface area contributed by atoms with Gasteiger partial charge in [0.25, 0.3) is 5.91 Å². The molecule has 0 aliphatic rings. The monoisotopic (exact) mass is 532 g/mol. The van der Waals surface area contributed by atoms with E-state index in [4.69, 9.17) is 9.47 Å². The number of sulfone groups is 1. The molecule has 2 aromatic carbocycles. The maximum atomic E-state index is 12.8. The Labute approximate surface area is 213 Å². The summed E-state index contributed by atoms with van der Waals surface area (Å²) in [6.45, 7) is 6.93. The van der Waals surface area contributed by atoms with Crippen LogP contribution in [0.25, 0.3) is 10.2 Å². The maximum Gasteiger partial charge on any atom is 0.338 e. The average molecular weight is 533 g/mol. The smallest absolute Gasteiger partial charge is 0.338 e. The fourth-order valence-electron chi connectivity index (χ4n) is 3.38. The van der Waals surface area contributed by atoms with Gasteiger partial charge >= 0.3 is 11.9 Å². The number of rotatable bonds is 9. The number of fused-ring (bicyclic) bond motifs is 1. The highest BCUT2D eigenvalue weighted by Crippen LogP contribution is 2.21. The summed E-state index contributed by atoms with van der Waals surface area (Å²) in [7, 11) is -3.41. The fourth-order valence-corrected chi connectivity index (χ4v) is 5.52. The zero-order valence-electron chi connectivity index (χ0n) is 20.5. The maximum absolute atomic E-state index is 12.8. The molecule has 0 fully saturated rings. The van der Waals surface area contributed by atoms with Crippen molar-refractivity contribution in [2.75, 3.05) is 13.2 Å². The SMILES string of the molecule is CCOC(=O)Cn1c(=NC(=O)Cc2ccc(S(=O)(=O)C(C)C)cc2)sc2cc(C(=O)OCC)ccc21. The van der Waals surface area contributed by atoms with Gasteiger partial charge in [0.15, 0.2) is 14.6 Å². The summed E-state index contributed by atoms with van der Waals surface area (Å²) in [5.74, 6) is -1.42. The molecule has 0 aliphatic carbocycles. The van der Waals surface area contributed by atoms with Crippen LogP contribution in [0.3, 0.4) is 0 Å². The first-order valence-electron chi connectivity index (χ1n) is 11.4. The number of aromatic nitrogens is 1. The standard InChI is InChI=1S/C25H28N2O7S2/c1-5-33-23(29)15-27-20-12-9-18(24(30)34-6-2)14-21(20)35-25(27)26-22(28)13-17-7-10-19(11-8-17)36(31,32)16(3)4/h7-12,14,16H,5-6,13,15H2,1-4H3. The third kappa shape index (κ3) is 6.27. The second-order valence-electron chi connectivity index (χ2n) is 8.10. The second-order valence-corrected chi connectivity index (χ2v) is 11.6. The predicted octanol–water partition coefficient (Wildman–Crippen LogP) is 3.29. The molecule has 0 bridgehead atoms. The Morgan fingerprint density at radius 2 is 1.67 bits per heavy atom. The molecule has 1 heterocycles. The van der Waals surface area contributed by atoms with Crippen LogP contribution >= 0.6 is 11.3 Å². The van der Waals surface area contributed by atoms with Crippen LogP contribution in [-0.4, -0.2) is 49.3 Å². The Balaban J connectivity index is 1.95. The van der Waals surface area contributed by atoms with Crippen molar-refractivity contribution in [3.63, 3.8) is 0 Å². The van der Waals surface area contributed by atoms with E-state index in [1.54, 1.807) is 62.6 Å². The fraction of sp³-hybridized carbons (Fsp3) is 0.360. The van der Waals surface area contributed by atoms with Gasteiger partial charge in [0, 0.05) is 0 Å². The predicted molar refractivity (Wildman–Crippen MR) is 135 cm³/mol. The number of benzene rings is 2. The van der Waals surface area contributed by atoms with E-state index in [0.29, 0.717) is 21.3 Å². The first-order valence-corrected chi connectivity index (χ1v) is 13.8. The highest BCUT2D eigenvalue weighted by atomic mass is 32.2. The minimum atomic E-state index is -3.41. The number of amides is 1. The highest BCUT2D eigenvalue weighted by Gasteiger charge is 2.19. The van der Waals surface area contributed by atoms with Crippen molar-refractivity contribution in [1.82, 2.24) is 4.57 Å². The first-order chi connectivity index (χ1) is 17.1. The van der Waals surface area contributed by atoms with Crippen LogP contribution in [-0.2, 0) is 41.9 Å². The van der Waals surface area contributed by atoms with Crippen LogP contribution in [0.2, 0.25) is 0 Å². The van der Waals surface area contributed by atoms with Gasteiger partial charge in [0.05, 0.1) is 45.6 Å². The summed E-state index contributed by atoms with van der Waals surface area (Å²) in [5.41, 5.74) is 1.58. The molecule has 0 atom stereocenters. The Kier molecular flexibility index (Phi) is 8.80. The van der Waals surface area contributed by atoms with E-state index in [1.807, 2.05) is 0 Å². The van der Waals surface area contributed by atoms with Gasteiger partial charge in [-0.25, -0.2) is 13.2 Å². The van der Waals surface area contributed by atoms with Crippen molar-refractivity contribution in [3.05, 3.63) is 58.4 Å². The molecular weight excluding hydrogens is 504 g/mol. The molecule has 1 aromatic heterocycles. The van der Waals surface area contributed by atoms with Crippen LogP contribution < -0.4 is 4.80 Å². The summed E-state index contributed by atoms with van der Waals surface area (Å²) in [6, 6.07) is 11.0. The lowest BCUT2D eigenvalue weighted by atomic mass is 10.1. The lowest BCUT2D eigenvalue weighted by Gasteiger charge is -2.08. The van der Waals surface area contributed by atoms with Crippen molar-refractivity contribution >= 4 is 49.2 Å². The van der Waals surface area contributed by atoms with Crippen LogP contribution in [0, 0.1) is 0 Å². The van der Waals surface area contributed by atoms with Gasteiger partial charge in [0.1, 0.15) is 6.54 Å². The molecule has 9 nitrogen and oxygen atoms in total. The molecule has 0 spiro atoms. The van der Waals surface area contributed by atoms with Gasteiger partial charge in [-0.15, -0.1) is 0 Å². The number of hydrogen-bond acceptors (Lipinski definition) is 8. The van der Waals surface area contributed by atoms with Crippen molar-refractivity contribution < 1.29 is 32.3 Å². The van der Waals surface area contributed by atoms with Crippen LogP contribution in [0.15, 0.2) is 52.4 Å². The number of ether oxygens (including phenoxy) is 2. The Hall–Kier alpha value is -3.31. The normalized spacial score (nSPS) is 12.2. The largest absolute Gasteiger partial charge is 0.465 e. The second kappa shape index (κ2) is 11.6. The van der Waals surface area contributed by atoms with Gasteiger partial charge in [0.2, 0.25) is 0 Å². The number of carbonyl (C=O) groups is 3. The first kappa shape index (κ1) is 27.3. The highest BCUT2D eigenvalue weighted by molar-refractivity contribution is 7.92. The van der Waals surface area contributed by atoms with E-state index in [0.717, 1.165) is 11.3 Å². The Bertz CT molecular complexity index is 1450.